The third-order valence-corrected chi connectivity index (χ3v) is 5.51. The number of carbonyl (C=O) groups excluding carboxylic acids is 1. The lowest BCUT2D eigenvalue weighted by atomic mass is 10.1. The van der Waals surface area contributed by atoms with Crippen LogP contribution in [0.25, 0.3) is 0 Å². The van der Waals surface area contributed by atoms with Crippen molar-refractivity contribution in [3.63, 3.8) is 0 Å². The van der Waals surface area contributed by atoms with Crippen molar-refractivity contribution in [3.8, 4) is 17.2 Å². The minimum Gasteiger partial charge on any atom is -0.493 e. The Hall–Kier alpha value is -3.79. The number of nitrogens with zero attached hydrogens (tertiary/aromatic N) is 1. The second kappa shape index (κ2) is 14.9. The highest BCUT2D eigenvalue weighted by molar-refractivity contribution is 5.73. The van der Waals surface area contributed by atoms with Crippen LogP contribution in [0.1, 0.15) is 12.5 Å². The van der Waals surface area contributed by atoms with Gasteiger partial charge in [-0.1, -0.05) is 24.3 Å². The van der Waals surface area contributed by atoms with Gasteiger partial charge < -0.3 is 33.7 Å². The van der Waals surface area contributed by atoms with Crippen molar-refractivity contribution in [2.75, 3.05) is 40.0 Å². The van der Waals surface area contributed by atoms with Gasteiger partial charge in [-0.25, -0.2) is 9.59 Å². The number of ether oxygens (including phenoxy) is 5. The Balaban J connectivity index is 2.08. The minimum atomic E-state index is -6.58. The first-order valence-corrected chi connectivity index (χ1v) is 12.2. The molecule has 0 aliphatic rings. The molecule has 2 rings (SSSR count). The molecule has 1 unspecified atom stereocenters. The predicted octanol–water partition coefficient (Wildman–Crippen LogP) is 5.41. The lowest BCUT2D eigenvalue weighted by molar-refractivity contribution is -0.423. The van der Waals surface area contributed by atoms with E-state index in [4.69, 9.17) is 18.9 Å². The smallest absolute Gasteiger partial charge is 0.462 e. The Morgan fingerprint density at radius 1 is 0.905 bits per heavy atom. The number of carbonyl (C=O) groups is 2. The van der Waals surface area contributed by atoms with Crippen LogP contribution in [0.4, 0.5) is 35.5 Å². The zero-order valence-corrected chi connectivity index (χ0v) is 22.3. The summed E-state index contributed by atoms with van der Waals surface area (Å²) in [5.41, 5.74) is 0.610. The topological polar surface area (TPSA) is 104 Å². The Labute approximate surface area is 235 Å². The minimum absolute atomic E-state index is 0.0735. The largest absolute Gasteiger partial charge is 0.493 e. The zero-order valence-electron chi connectivity index (χ0n) is 22.3. The highest BCUT2D eigenvalue weighted by atomic mass is 19.4. The molecule has 1 amide bonds. The summed E-state index contributed by atoms with van der Waals surface area (Å²) in [6.07, 6.45) is -14.7. The summed E-state index contributed by atoms with van der Waals surface area (Å²) in [6.45, 7) is -1.15. The molecule has 0 heterocycles. The zero-order chi connectivity index (χ0) is 31.6. The number of methoxy groups -OCH3 is 1. The molecule has 0 aliphatic heterocycles. The normalized spacial score (nSPS) is 12.9. The highest BCUT2D eigenvalue weighted by Crippen LogP contribution is 2.46. The van der Waals surface area contributed by atoms with Crippen molar-refractivity contribution in [1.82, 2.24) is 4.90 Å². The molecule has 1 N–H and O–H groups in total. The molecule has 0 bridgehead atoms. The number of aliphatic carboxylic acids is 1. The number of hydrogen-bond acceptors (Lipinski definition) is 7. The number of hydrogen-bond donors (Lipinski definition) is 1. The first kappa shape index (κ1) is 34.4. The van der Waals surface area contributed by atoms with Crippen LogP contribution in [-0.4, -0.2) is 86.4 Å². The standard InChI is InChI=1S/C26H28F7NO8/c1-3-39-21(22(35)36)16-17-8-10-18(11-9-17)40-14-12-34(23(37)42-20-7-5-4-6-19(20)38-2)13-15-41-26(32,33)24(27,28)25(29,30)31/h4-11,21H,3,12-16H2,1-2H3,(H,35,36). The van der Waals surface area contributed by atoms with E-state index in [2.05, 4.69) is 4.74 Å². The van der Waals surface area contributed by atoms with Crippen molar-refractivity contribution >= 4 is 12.1 Å². The fourth-order valence-corrected chi connectivity index (χ4v) is 3.32. The van der Waals surface area contributed by atoms with Crippen LogP contribution >= 0.6 is 0 Å². The number of rotatable bonds is 16. The molecule has 0 aliphatic carbocycles. The molecule has 2 aromatic carbocycles. The van der Waals surface area contributed by atoms with Crippen LogP contribution in [0.3, 0.4) is 0 Å². The summed E-state index contributed by atoms with van der Waals surface area (Å²) < 4.78 is 115. The van der Waals surface area contributed by atoms with Gasteiger partial charge in [0.15, 0.2) is 17.6 Å². The van der Waals surface area contributed by atoms with Crippen molar-refractivity contribution in [1.29, 1.82) is 0 Å². The van der Waals surface area contributed by atoms with E-state index < -0.39 is 56.1 Å². The molecule has 0 aromatic heterocycles. The Morgan fingerprint density at radius 2 is 1.50 bits per heavy atom. The maximum atomic E-state index is 13.6. The molecule has 234 valence electrons. The Kier molecular flexibility index (Phi) is 12.2. The van der Waals surface area contributed by atoms with E-state index in [1.54, 1.807) is 25.1 Å². The van der Waals surface area contributed by atoms with E-state index in [0.29, 0.717) is 10.5 Å². The number of carboxylic acid groups (broad SMARTS) is 1. The summed E-state index contributed by atoms with van der Waals surface area (Å²) in [6, 6.07) is 11.9. The van der Waals surface area contributed by atoms with Crippen LogP contribution < -0.4 is 14.2 Å². The fourth-order valence-electron chi connectivity index (χ4n) is 3.32. The molecule has 0 spiro atoms. The number of halogens is 7. The summed E-state index contributed by atoms with van der Waals surface area (Å²) in [5, 5.41) is 9.20. The Bertz CT molecular complexity index is 1160. The number of alkyl halides is 7. The van der Waals surface area contributed by atoms with E-state index in [0.717, 1.165) is 0 Å². The van der Waals surface area contributed by atoms with Crippen LogP contribution in [0.15, 0.2) is 48.5 Å². The average molecular weight is 615 g/mol. The van der Waals surface area contributed by atoms with Gasteiger partial charge in [-0.2, -0.15) is 30.7 Å². The van der Waals surface area contributed by atoms with E-state index in [1.165, 1.54) is 37.4 Å². The Morgan fingerprint density at radius 3 is 2.05 bits per heavy atom. The quantitative estimate of drug-likeness (QED) is 0.250. The molecule has 42 heavy (non-hydrogen) atoms. The van der Waals surface area contributed by atoms with Crippen molar-refractivity contribution in [2.45, 2.75) is 37.7 Å². The molecule has 1 atom stereocenters. The first-order valence-electron chi connectivity index (χ1n) is 12.2. The van der Waals surface area contributed by atoms with Crippen molar-refractivity contribution < 1.29 is 69.1 Å². The highest BCUT2D eigenvalue weighted by Gasteiger charge is 2.74. The van der Waals surface area contributed by atoms with Crippen LogP contribution in [0.5, 0.6) is 17.2 Å². The van der Waals surface area contributed by atoms with Gasteiger partial charge in [-0.15, -0.1) is 0 Å². The lowest BCUT2D eigenvalue weighted by Gasteiger charge is -2.29. The molecule has 9 nitrogen and oxygen atoms in total. The van der Waals surface area contributed by atoms with E-state index in [1.807, 2.05) is 0 Å². The van der Waals surface area contributed by atoms with Gasteiger partial charge in [0.05, 0.1) is 20.3 Å². The second-order valence-corrected chi connectivity index (χ2v) is 8.42. The van der Waals surface area contributed by atoms with Gasteiger partial charge in [0.1, 0.15) is 12.4 Å². The molecular weight excluding hydrogens is 587 g/mol. The summed E-state index contributed by atoms with van der Waals surface area (Å²) >= 11 is 0. The van der Waals surface area contributed by atoms with Gasteiger partial charge >= 0.3 is 30.3 Å². The third-order valence-electron chi connectivity index (χ3n) is 5.51. The molecule has 2 aromatic rings. The molecule has 0 saturated carbocycles. The summed E-state index contributed by atoms with van der Waals surface area (Å²) in [4.78, 5) is 24.7. The van der Waals surface area contributed by atoms with Gasteiger partial charge in [-0.3, -0.25) is 0 Å². The monoisotopic (exact) mass is 615 g/mol. The van der Waals surface area contributed by atoms with Gasteiger partial charge in [0.2, 0.25) is 0 Å². The summed E-state index contributed by atoms with van der Waals surface area (Å²) in [7, 11) is 1.28. The predicted molar refractivity (Wildman–Crippen MR) is 131 cm³/mol. The van der Waals surface area contributed by atoms with Gasteiger partial charge in [-0.05, 0) is 36.8 Å². The van der Waals surface area contributed by atoms with Crippen LogP contribution in [0.2, 0.25) is 0 Å². The van der Waals surface area contributed by atoms with Gasteiger partial charge in [0, 0.05) is 19.6 Å². The lowest BCUT2D eigenvalue weighted by Crippen LogP contribution is -2.54. The van der Waals surface area contributed by atoms with E-state index in [9.17, 15) is 45.4 Å². The molecule has 16 heteroatoms. The number of benzene rings is 2. The molecule has 0 radical (unpaired) electrons. The number of carboxylic acids is 1. The molecule has 0 fully saturated rings. The second-order valence-electron chi connectivity index (χ2n) is 8.42. The third kappa shape index (κ3) is 9.37. The van der Waals surface area contributed by atoms with Crippen LogP contribution in [-0.2, 0) is 20.7 Å². The number of amides is 1. The van der Waals surface area contributed by atoms with E-state index in [-0.39, 0.29) is 36.9 Å². The summed E-state index contributed by atoms with van der Waals surface area (Å²) in [5.74, 6) is -7.34. The number of para-hydroxylation sites is 2. The maximum absolute atomic E-state index is 13.6. The maximum Gasteiger partial charge on any atom is 0.462 e. The van der Waals surface area contributed by atoms with Crippen molar-refractivity contribution in [3.05, 3.63) is 54.1 Å². The van der Waals surface area contributed by atoms with Gasteiger partial charge in [0.25, 0.3) is 0 Å². The van der Waals surface area contributed by atoms with E-state index >= 15 is 0 Å². The van der Waals surface area contributed by atoms with Crippen LogP contribution in [0, 0.1) is 0 Å². The first-order chi connectivity index (χ1) is 19.6. The molecular formula is C26H28F7NO8. The fraction of sp³-hybridized carbons (Fsp3) is 0.462. The molecule has 0 saturated heterocycles. The average Bonchev–Trinajstić information content (AvgIpc) is 2.92. The van der Waals surface area contributed by atoms with Crippen molar-refractivity contribution in [2.24, 2.45) is 0 Å². The SMILES string of the molecule is CCOC(Cc1ccc(OCCN(CCOC(F)(F)C(F)(F)C(F)(F)F)C(=O)Oc2ccccc2OC)cc1)C(=O)O.